The van der Waals surface area contributed by atoms with E-state index in [9.17, 15) is 4.79 Å². The molecule has 2 bridgehead atoms. The van der Waals surface area contributed by atoms with Gasteiger partial charge in [0.1, 0.15) is 5.38 Å². The molecule has 0 radical (unpaired) electrons. The molecule has 2 unspecified atom stereocenters. The topological polar surface area (TPSA) is 20.3 Å². The summed E-state index contributed by atoms with van der Waals surface area (Å²) in [5, 5.41) is -0.237. The predicted octanol–water partition coefficient (Wildman–Crippen LogP) is 1.03. The monoisotopic (exact) mass is 173 g/mol. The van der Waals surface area contributed by atoms with Crippen molar-refractivity contribution in [2.75, 3.05) is 7.05 Å². The van der Waals surface area contributed by atoms with E-state index in [1.54, 1.807) is 0 Å². The van der Waals surface area contributed by atoms with E-state index in [2.05, 4.69) is 11.9 Å². The molecule has 2 fully saturated rings. The van der Waals surface area contributed by atoms with E-state index in [-0.39, 0.29) is 11.2 Å². The van der Waals surface area contributed by atoms with Crippen molar-refractivity contribution in [2.24, 2.45) is 0 Å². The van der Waals surface area contributed by atoms with Crippen molar-refractivity contribution in [1.82, 2.24) is 4.90 Å². The van der Waals surface area contributed by atoms with Gasteiger partial charge in [0.2, 0.25) is 0 Å². The van der Waals surface area contributed by atoms with Crippen LogP contribution in [0.5, 0.6) is 0 Å². The molecule has 2 aliphatic heterocycles. The zero-order chi connectivity index (χ0) is 8.01. The molecule has 0 saturated carbocycles. The number of carbonyl (C=O) groups excluding carboxylic acids is 1. The maximum absolute atomic E-state index is 11.2. The summed E-state index contributed by atoms with van der Waals surface area (Å²) >= 11 is 5.96. The third-order valence-electron chi connectivity index (χ3n) is 2.98. The van der Waals surface area contributed by atoms with Gasteiger partial charge in [-0.3, -0.25) is 9.69 Å². The first kappa shape index (κ1) is 7.56. The SMILES string of the molecule is CN1C2CCC1[C@@H](Cl)C(=O)C2. The molecule has 2 saturated heterocycles. The summed E-state index contributed by atoms with van der Waals surface area (Å²) in [6.45, 7) is 0. The van der Waals surface area contributed by atoms with E-state index in [1.807, 2.05) is 0 Å². The number of nitrogens with zero attached hydrogens (tertiary/aromatic N) is 1. The Morgan fingerprint density at radius 3 is 3.00 bits per heavy atom. The molecule has 2 aliphatic rings. The third-order valence-corrected chi connectivity index (χ3v) is 3.51. The van der Waals surface area contributed by atoms with Crippen LogP contribution in [0.3, 0.4) is 0 Å². The minimum atomic E-state index is -0.237. The summed E-state index contributed by atoms with van der Waals surface area (Å²) in [7, 11) is 2.07. The lowest BCUT2D eigenvalue weighted by Gasteiger charge is -2.33. The average Bonchev–Trinajstić information content (AvgIpc) is 2.23. The number of hydrogen-bond donors (Lipinski definition) is 0. The minimum Gasteiger partial charge on any atom is -0.298 e. The highest BCUT2D eigenvalue weighted by Gasteiger charge is 2.43. The summed E-state index contributed by atoms with van der Waals surface area (Å²) in [5.41, 5.74) is 0. The summed E-state index contributed by atoms with van der Waals surface area (Å²) in [5.74, 6) is 0.247. The standard InChI is InChI=1S/C8H12ClNO/c1-10-5-2-3-6(10)8(9)7(11)4-5/h5-6,8H,2-4H2,1H3/t5?,6?,8-/m1/s1. The van der Waals surface area contributed by atoms with Gasteiger partial charge < -0.3 is 0 Å². The molecular formula is C8H12ClNO. The van der Waals surface area contributed by atoms with Gasteiger partial charge in [0.15, 0.2) is 5.78 Å². The Bertz CT molecular complexity index is 195. The highest BCUT2D eigenvalue weighted by molar-refractivity contribution is 6.32. The maximum Gasteiger partial charge on any atom is 0.153 e. The van der Waals surface area contributed by atoms with Crippen molar-refractivity contribution in [2.45, 2.75) is 36.7 Å². The van der Waals surface area contributed by atoms with E-state index in [0.29, 0.717) is 18.5 Å². The smallest absolute Gasteiger partial charge is 0.153 e. The van der Waals surface area contributed by atoms with Gasteiger partial charge in [0, 0.05) is 18.5 Å². The number of piperidine rings is 1. The minimum absolute atomic E-state index is 0.237. The molecule has 0 aliphatic carbocycles. The summed E-state index contributed by atoms with van der Waals surface area (Å²) < 4.78 is 0. The van der Waals surface area contributed by atoms with Crippen LogP contribution < -0.4 is 0 Å². The van der Waals surface area contributed by atoms with Crippen LogP contribution in [-0.2, 0) is 4.79 Å². The van der Waals surface area contributed by atoms with Gasteiger partial charge in [-0.2, -0.15) is 0 Å². The lowest BCUT2D eigenvalue weighted by atomic mass is 10.0. The summed E-state index contributed by atoms with van der Waals surface area (Å²) in [6, 6.07) is 0.811. The fourth-order valence-corrected chi connectivity index (χ4v) is 2.59. The number of carbonyl (C=O) groups is 1. The van der Waals surface area contributed by atoms with Crippen LogP contribution in [-0.4, -0.2) is 35.2 Å². The van der Waals surface area contributed by atoms with Gasteiger partial charge in [-0.25, -0.2) is 0 Å². The molecular weight excluding hydrogens is 162 g/mol. The van der Waals surface area contributed by atoms with Crippen LogP contribution in [0.15, 0.2) is 0 Å². The Morgan fingerprint density at radius 2 is 2.27 bits per heavy atom. The number of halogens is 1. The van der Waals surface area contributed by atoms with Crippen molar-refractivity contribution in [3.8, 4) is 0 Å². The number of ketones is 1. The second-order valence-electron chi connectivity index (χ2n) is 3.54. The van der Waals surface area contributed by atoms with Gasteiger partial charge in [-0.05, 0) is 19.9 Å². The molecule has 0 aromatic carbocycles. The molecule has 3 heteroatoms. The Morgan fingerprint density at radius 1 is 1.55 bits per heavy atom. The van der Waals surface area contributed by atoms with Crippen molar-refractivity contribution in [1.29, 1.82) is 0 Å². The zero-order valence-corrected chi connectivity index (χ0v) is 7.34. The highest BCUT2D eigenvalue weighted by atomic mass is 35.5. The normalized spacial score (nSPS) is 44.9. The van der Waals surface area contributed by atoms with E-state index in [1.165, 1.54) is 0 Å². The van der Waals surface area contributed by atoms with Gasteiger partial charge >= 0.3 is 0 Å². The highest BCUT2D eigenvalue weighted by Crippen LogP contribution is 2.34. The molecule has 11 heavy (non-hydrogen) atoms. The van der Waals surface area contributed by atoms with Crippen molar-refractivity contribution < 1.29 is 4.79 Å². The molecule has 0 aromatic heterocycles. The molecule has 2 nitrogen and oxygen atoms in total. The van der Waals surface area contributed by atoms with Crippen LogP contribution in [0, 0.1) is 0 Å². The molecule has 0 spiro atoms. The molecule has 62 valence electrons. The van der Waals surface area contributed by atoms with Crippen molar-refractivity contribution >= 4 is 17.4 Å². The number of alkyl halides is 1. The first-order chi connectivity index (χ1) is 5.20. The van der Waals surface area contributed by atoms with Crippen LogP contribution in [0.4, 0.5) is 0 Å². The molecule has 2 rings (SSSR count). The zero-order valence-electron chi connectivity index (χ0n) is 6.59. The number of Topliss-reactive ketones (excluding diaryl/α,β-unsaturated/α-hetero) is 1. The molecule has 0 amide bonds. The fraction of sp³-hybridized carbons (Fsp3) is 0.875. The lowest BCUT2D eigenvalue weighted by molar-refractivity contribution is -0.122. The van der Waals surface area contributed by atoms with E-state index in [4.69, 9.17) is 11.6 Å². The van der Waals surface area contributed by atoms with E-state index in [0.717, 1.165) is 12.8 Å². The summed E-state index contributed by atoms with van der Waals surface area (Å²) in [4.78, 5) is 13.5. The van der Waals surface area contributed by atoms with Crippen molar-refractivity contribution in [3.63, 3.8) is 0 Å². The van der Waals surface area contributed by atoms with E-state index < -0.39 is 0 Å². The van der Waals surface area contributed by atoms with Gasteiger partial charge in [0.05, 0.1) is 0 Å². The fourth-order valence-electron chi connectivity index (χ4n) is 2.20. The molecule has 0 aromatic rings. The first-order valence-electron chi connectivity index (χ1n) is 4.09. The van der Waals surface area contributed by atoms with Gasteiger partial charge in [0.25, 0.3) is 0 Å². The quantitative estimate of drug-likeness (QED) is 0.510. The van der Waals surface area contributed by atoms with Crippen LogP contribution in [0.2, 0.25) is 0 Å². The average molecular weight is 174 g/mol. The maximum atomic E-state index is 11.2. The van der Waals surface area contributed by atoms with Crippen LogP contribution in [0.1, 0.15) is 19.3 Å². The first-order valence-corrected chi connectivity index (χ1v) is 4.52. The molecule has 2 heterocycles. The lowest BCUT2D eigenvalue weighted by Crippen LogP contribution is -2.47. The predicted molar refractivity (Wildman–Crippen MR) is 43.8 cm³/mol. The Hall–Kier alpha value is -0.0800. The molecule has 3 atom stereocenters. The van der Waals surface area contributed by atoms with E-state index >= 15 is 0 Å². The number of rotatable bonds is 0. The third kappa shape index (κ3) is 1.00. The largest absolute Gasteiger partial charge is 0.298 e. The van der Waals surface area contributed by atoms with Gasteiger partial charge in [-0.15, -0.1) is 11.6 Å². The Balaban J connectivity index is 2.22. The summed E-state index contributed by atoms with van der Waals surface area (Å²) in [6.07, 6.45) is 2.92. The Labute approximate surface area is 71.5 Å². The van der Waals surface area contributed by atoms with Gasteiger partial charge in [-0.1, -0.05) is 0 Å². The molecule has 0 N–H and O–H groups in total. The number of fused-ring (bicyclic) bond motifs is 2. The van der Waals surface area contributed by atoms with Crippen LogP contribution >= 0.6 is 11.6 Å². The van der Waals surface area contributed by atoms with Crippen LogP contribution in [0.25, 0.3) is 0 Å². The second-order valence-corrected chi connectivity index (χ2v) is 4.01. The number of hydrogen-bond acceptors (Lipinski definition) is 2. The second kappa shape index (κ2) is 2.46. The van der Waals surface area contributed by atoms with Crippen molar-refractivity contribution in [3.05, 3.63) is 0 Å². The Kier molecular flexibility index (Phi) is 1.69.